The van der Waals surface area contributed by atoms with E-state index in [1.807, 2.05) is 12.4 Å². The number of aromatic nitrogens is 1. The highest BCUT2D eigenvalue weighted by Gasteiger charge is 2.23. The molecular weight excluding hydrogens is 326 g/mol. The molecule has 0 saturated heterocycles. The molecule has 21 heavy (non-hydrogen) atoms. The Kier molecular flexibility index (Phi) is 5.91. The van der Waals surface area contributed by atoms with Gasteiger partial charge in [0.25, 0.3) is 0 Å². The van der Waals surface area contributed by atoms with E-state index in [-0.39, 0.29) is 12.1 Å². The lowest BCUT2D eigenvalue weighted by molar-refractivity contribution is 0.201. The van der Waals surface area contributed by atoms with Gasteiger partial charge in [0.05, 0.1) is 6.04 Å². The van der Waals surface area contributed by atoms with Crippen LogP contribution in [0, 0.1) is 0 Å². The molecule has 0 aliphatic rings. The molecule has 2 rings (SSSR count). The highest BCUT2D eigenvalue weighted by Crippen LogP contribution is 2.25. The largest absolute Gasteiger partial charge is 0.326 e. The van der Waals surface area contributed by atoms with E-state index in [2.05, 4.69) is 76.2 Å². The Morgan fingerprint density at radius 1 is 1.14 bits per heavy atom. The third-order valence-corrected chi connectivity index (χ3v) is 4.27. The first kappa shape index (κ1) is 16.1. The van der Waals surface area contributed by atoms with E-state index in [9.17, 15) is 0 Å². The summed E-state index contributed by atoms with van der Waals surface area (Å²) >= 11 is 3.47. The quantitative estimate of drug-likeness (QED) is 0.864. The summed E-state index contributed by atoms with van der Waals surface area (Å²) in [6.45, 7) is 3.00. The molecule has 1 aromatic carbocycles. The van der Waals surface area contributed by atoms with Crippen LogP contribution in [-0.2, 0) is 6.54 Å². The van der Waals surface area contributed by atoms with Gasteiger partial charge in [-0.2, -0.15) is 0 Å². The van der Waals surface area contributed by atoms with Crippen LogP contribution in [0.3, 0.4) is 0 Å². The third-order valence-electron chi connectivity index (χ3n) is 3.74. The second kappa shape index (κ2) is 7.69. The van der Waals surface area contributed by atoms with E-state index in [1.54, 1.807) is 0 Å². The lowest BCUT2D eigenvalue weighted by Gasteiger charge is -2.32. The Morgan fingerprint density at radius 3 is 2.33 bits per heavy atom. The number of rotatable bonds is 6. The van der Waals surface area contributed by atoms with Crippen LogP contribution in [0.15, 0.2) is 53.3 Å². The fourth-order valence-electron chi connectivity index (χ4n) is 2.59. The van der Waals surface area contributed by atoms with Gasteiger partial charge in [0, 0.05) is 29.5 Å². The average molecular weight is 348 g/mol. The van der Waals surface area contributed by atoms with Crippen molar-refractivity contribution in [2.24, 2.45) is 5.73 Å². The van der Waals surface area contributed by atoms with Gasteiger partial charge in [-0.1, -0.05) is 35.0 Å². The Bertz CT molecular complexity index is 542. The van der Waals surface area contributed by atoms with E-state index >= 15 is 0 Å². The third kappa shape index (κ3) is 4.37. The van der Waals surface area contributed by atoms with Gasteiger partial charge >= 0.3 is 0 Å². The van der Waals surface area contributed by atoms with Crippen LogP contribution in [-0.4, -0.2) is 23.0 Å². The molecular formula is C17H22BrN3. The molecule has 0 aliphatic carbocycles. The molecule has 2 N–H and O–H groups in total. The minimum Gasteiger partial charge on any atom is -0.326 e. The number of benzene rings is 1. The van der Waals surface area contributed by atoms with Crippen LogP contribution >= 0.6 is 15.9 Å². The van der Waals surface area contributed by atoms with E-state index in [0.29, 0.717) is 0 Å². The van der Waals surface area contributed by atoms with Crippen molar-refractivity contribution in [2.75, 3.05) is 7.05 Å². The Morgan fingerprint density at radius 2 is 1.76 bits per heavy atom. The maximum Gasteiger partial charge on any atom is 0.0500 e. The van der Waals surface area contributed by atoms with Crippen molar-refractivity contribution in [2.45, 2.75) is 32.0 Å². The van der Waals surface area contributed by atoms with Gasteiger partial charge in [-0.25, -0.2) is 0 Å². The highest BCUT2D eigenvalue weighted by molar-refractivity contribution is 9.10. The average Bonchev–Trinajstić information content (AvgIpc) is 2.50. The molecule has 0 spiro atoms. The van der Waals surface area contributed by atoms with Crippen LogP contribution in [0.1, 0.15) is 30.5 Å². The van der Waals surface area contributed by atoms with Crippen molar-refractivity contribution < 1.29 is 0 Å². The molecule has 2 atom stereocenters. The Hall–Kier alpha value is -1.23. The fraction of sp³-hybridized carbons (Fsp3) is 0.353. The van der Waals surface area contributed by atoms with Crippen molar-refractivity contribution in [3.8, 4) is 0 Å². The predicted octanol–water partition coefficient (Wildman–Crippen LogP) is 3.75. The van der Waals surface area contributed by atoms with Gasteiger partial charge in [0.2, 0.25) is 0 Å². The van der Waals surface area contributed by atoms with E-state index in [4.69, 9.17) is 5.73 Å². The van der Waals surface area contributed by atoms with E-state index < -0.39 is 0 Å². The first-order valence-electron chi connectivity index (χ1n) is 7.22. The maximum atomic E-state index is 6.36. The summed E-state index contributed by atoms with van der Waals surface area (Å²) in [5, 5.41) is 0. The molecule has 4 heteroatoms. The summed E-state index contributed by atoms with van der Waals surface area (Å²) in [5.74, 6) is 0. The molecule has 3 nitrogen and oxygen atoms in total. The number of hydrogen-bond acceptors (Lipinski definition) is 3. The van der Waals surface area contributed by atoms with E-state index in [0.717, 1.165) is 17.4 Å². The summed E-state index contributed by atoms with van der Waals surface area (Å²) < 4.78 is 1.10. The van der Waals surface area contributed by atoms with Crippen LogP contribution in [0.25, 0.3) is 0 Å². The first-order chi connectivity index (χ1) is 10.1. The Balaban J connectivity index is 2.18. The monoisotopic (exact) mass is 347 g/mol. The molecule has 0 saturated carbocycles. The minimum absolute atomic E-state index is 0.104. The normalized spacial score (nSPS) is 14.1. The molecule has 0 amide bonds. The predicted molar refractivity (Wildman–Crippen MR) is 90.9 cm³/mol. The molecule has 1 aromatic heterocycles. The fourth-order valence-corrected chi connectivity index (χ4v) is 2.85. The second-order valence-electron chi connectivity index (χ2n) is 5.34. The molecule has 0 bridgehead atoms. The second-order valence-corrected chi connectivity index (χ2v) is 6.25. The summed E-state index contributed by atoms with van der Waals surface area (Å²) in [5.41, 5.74) is 8.86. The van der Waals surface area contributed by atoms with Crippen LogP contribution in [0.2, 0.25) is 0 Å². The van der Waals surface area contributed by atoms with Crippen molar-refractivity contribution in [1.82, 2.24) is 9.88 Å². The van der Waals surface area contributed by atoms with Gasteiger partial charge in [-0.3, -0.25) is 9.88 Å². The molecule has 0 fully saturated rings. The number of halogens is 1. The van der Waals surface area contributed by atoms with Crippen LogP contribution in [0.5, 0.6) is 0 Å². The molecule has 2 unspecified atom stereocenters. The smallest absolute Gasteiger partial charge is 0.0500 e. The summed E-state index contributed by atoms with van der Waals surface area (Å²) in [4.78, 5) is 6.41. The first-order valence-corrected chi connectivity index (χ1v) is 8.01. The lowest BCUT2D eigenvalue weighted by atomic mass is 9.97. The summed E-state index contributed by atoms with van der Waals surface area (Å²) in [6.07, 6.45) is 4.61. The van der Waals surface area contributed by atoms with Crippen molar-refractivity contribution in [3.05, 3.63) is 64.4 Å². The van der Waals surface area contributed by atoms with Crippen LogP contribution < -0.4 is 5.73 Å². The van der Waals surface area contributed by atoms with Gasteiger partial charge in [-0.05, 0) is 48.9 Å². The zero-order valence-electron chi connectivity index (χ0n) is 12.5. The zero-order chi connectivity index (χ0) is 15.2. The Labute approximate surface area is 135 Å². The van der Waals surface area contributed by atoms with Crippen molar-refractivity contribution >= 4 is 15.9 Å². The maximum absolute atomic E-state index is 6.36. The summed E-state index contributed by atoms with van der Waals surface area (Å²) in [6, 6.07) is 12.8. The number of nitrogens with two attached hydrogens (primary N) is 1. The molecule has 0 aliphatic heterocycles. The summed E-state index contributed by atoms with van der Waals surface area (Å²) in [7, 11) is 2.13. The van der Waals surface area contributed by atoms with Gasteiger partial charge in [0.15, 0.2) is 0 Å². The van der Waals surface area contributed by atoms with Crippen molar-refractivity contribution in [1.29, 1.82) is 0 Å². The number of likely N-dealkylation sites (N-methyl/N-ethyl adjacent to an activating group) is 1. The molecule has 2 aromatic rings. The molecule has 0 radical (unpaired) electrons. The number of hydrogen-bond donors (Lipinski definition) is 1. The number of nitrogens with zero attached hydrogens (tertiary/aromatic N) is 2. The van der Waals surface area contributed by atoms with Gasteiger partial charge < -0.3 is 5.73 Å². The minimum atomic E-state index is 0.104. The molecule has 112 valence electrons. The topological polar surface area (TPSA) is 42.1 Å². The van der Waals surface area contributed by atoms with Gasteiger partial charge in [-0.15, -0.1) is 0 Å². The standard InChI is InChI=1S/C17H22BrN3/c1-3-16(19)17(14-8-10-20-11-9-14)21(2)12-13-4-6-15(18)7-5-13/h4-11,16-17H,3,12,19H2,1-2H3. The number of pyridine rings is 1. The van der Waals surface area contributed by atoms with E-state index in [1.165, 1.54) is 11.1 Å². The van der Waals surface area contributed by atoms with Gasteiger partial charge in [0.1, 0.15) is 0 Å². The SMILES string of the molecule is CCC(N)C(c1ccncc1)N(C)Cc1ccc(Br)cc1. The van der Waals surface area contributed by atoms with Crippen LogP contribution in [0.4, 0.5) is 0 Å². The van der Waals surface area contributed by atoms with Crippen molar-refractivity contribution in [3.63, 3.8) is 0 Å². The zero-order valence-corrected chi connectivity index (χ0v) is 14.1. The lowest BCUT2D eigenvalue weighted by Crippen LogP contribution is -2.38. The highest BCUT2D eigenvalue weighted by atomic mass is 79.9. The molecule has 1 heterocycles.